The van der Waals surface area contributed by atoms with Crippen LogP contribution in [0.3, 0.4) is 0 Å². The first-order chi connectivity index (χ1) is 11.0. The molecule has 0 saturated heterocycles. The summed E-state index contributed by atoms with van der Waals surface area (Å²) in [5.74, 6) is 1.18. The molecule has 2 aromatic rings. The van der Waals surface area contributed by atoms with Crippen molar-refractivity contribution in [2.24, 2.45) is 0 Å². The first kappa shape index (κ1) is 19.7. The molecule has 0 heterocycles. The molecular weight excluding hydrogens is 334 g/mol. The van der Waals surface area contributed by atoms with Gasteiger partial charge >= 0.3 is 0 Å². The highest BCUT2D eigenvalue weighted by atomic mass is 32.2. The second kappa shape index (κ2) is 11.2. The normalized spacial score (nSPS) is 9.91. The molecule has 0 amide bonds. The Balaban J connectivity index is 0.000000238. The van der Waals surface area contributed by atoms with Gasteiger partial charge in [-0.3, -0.25) is 4.79 Å². The zero-order valence-electron chi connectivity index (χ0n) is 13.0. The van der Waals surface area contributed by atoms with Crippen LogP contribution >= 0.6 is 24.4 Å². The second-order valence-corrected chi connectivity index (χ2v) is 6.54. The number of thiol groups is 1. The van der Waals surface area contributed by atoms with E-state index in [1.54, 1.807) is 31.2 Å². The third kappa shape index (κ3) is 9.41. The molecule has 0 saturated carbocycles. The number of carbonyl (C=O) groups excluding carboxylic acids is 1. The molecule has 0 aliphatic carbocycles. The van der Waals surface area contributed by atoms with Gasteiger partial charge in [0.15, 0.2) is 5.12 Å². The van der Waals surface area contributed by atoms with E-state index in [0.29, 0.717) is 0 Å². The lowest BCUT2D eigenvalue weighted by atomic mass is 10.2. The molecule has 0 atom stereocenters. The molecule has 2 aromatic carbocycles. The van der Waals surface area contributed by atoms with Crippen molar-refractivity contribution in [3.8, 4) is 0 Å². The van der Waals surface area contributed by atoms with E-state index in [4.69, 9.17) is 0 Å². The van der Waals surface area contributed by atoms with E-state index in [1.165, 1.54) is 36.0 Å². The van der Waals surface area contributed by atoms with Gasteiger partial charge in [0.2, 0.25) is 0 Å². The molecule has 0 bridgehead atoms. The molecule has 5 heteroatoms. The van der Waals surface area contributed by atoms with Crippen LogP contribution in [0.5, 0.6) is 0 Å². The van der Waals surface area contributed by atoms with Gasteiger partial charge in [-0.25, -0.2) is 8.78 Å². The van der Waals surface area contributed by atoms with Gasteiger partial charge in [-0.05, 0) is 54.0 Å². The average molecular weight is 354 g/mol. The van der Waals surface area contributed by atoms with Crippen LogP contribution in [0.2, 0.25) is 0 Å². The van der Waals surface area contributed by atoms with Crippen molar-refractivity contribution in [1.29, 1.82) is 0 Å². The third-order valence-corrected chi connectivity index (χ3v) is 3.96. The lowest BCUT2D eigenvalue weighted by Crippen LogP contribution is -1.91. The molecule has 0 aliphatic rings. The highest BCUT2D eigenvalue weighted by Gasteiger charge is 1.96. The largest absolute Gasteiger partial charge is 0.288 e. The Labute approximate surface area is 145 Å². The van der Waals surface area contributed by atoms with Crippen LogP contribution in [0.15, 0.2) is 48.5 Å². The van der Waals surface area contributed by atoms with E-state index in [2.05, 4.69) is 12.6 Å². The Morgan fingerprint density at radius 2 is 1.35 bits per heavy atom. The van der Waals surface area contributed by atoms with Crippen molar-refractivity contribution in [1.82, 2.24) is 0 Å². The molecule has 0 unspecified atom stereocenters. The van der Waals surface area contributed by atoms with Gasteiger partial charge in [0.1, 0.15) is 11.6 Å². The van der Waals surface area contributed by atoms with Gasteiger partial charge in [0.05, 0.1) is 0 Å². The predicted molar refractivity (Wildman–Crippen MR) is 97.2 cm³/mol. The smallest absolute Gasteiger partial charge is 0.185 e. The topological polar surface area (TPSA) is 17.1 Å². The summed E-state index contributed by atoms with van der Waals surface area (Å²) in [5, 5.41) is 0.127. The highest BCUT2D eigenvalue weighted by Crippen LogP contribution is 2.08. The summed E-state index contributed by atoms with van der Waals surface area (Å²) in [6.07, 6.45) is 1.72. The van der Waals surface area contributed by atoms with Gasteiger partial charge in [-0.2, -0.15) is 12.6 Å². The van der Waals surface area contributed by atoms with E-state index < -0.39 is 0 Å². The van der Waals surface area contributed by atoms with Crippen molar-refractivity contribution in [3.63, 3.8) is 0 Å². The van der Waals surface area contributed by atoms with Crippen LogP contribution in [-0.4, -0.2) is 16.6 Å². The molecule has 0 radical (unpaired) electrons. The maximum Gasteiger partial charge on any atom is 0.185 e. The predicted octanol–water partition coefficient (Wildman–Crippen LogP) is 4.95. The van der Waals surface area contributed by atoms with Crippen LogP contribution in [0.1, 0.15) is 18.1 Å². The number of halogens is 2. The fraction of sp³-hybridized carbons (Fsp3) is 0.278. The molecule has 23 heavy (non-hydrogen) atoms. The van der Waals surface area contributed by atoms with E-state index in [9.17, 15) is 13.6 Å². The Morgan fingerprint density at radius 3 is 1.74 bits per heavy atom. The fourth-order valence-corrected chi connectivity index (χ4v) is 2.63. The average Bonchev–Trinajstić information content (AvgIpc) is 2.52. The molecule has 1 nitrogen and oxygen atoms in total. The Hall–Kier alpha value is -1.33. The number of aryl methyl sites for hydroxylation is 2. The minimum Gasteiger partial charge on any atom is -0.288 e. The third-order valence-electron chi connectivity index (χ3n) is 2.92. The lowest BCUT2D eigenvalue weighted by molar-refractivity contribution is -0.109. The number of benzene rings is 2. The lowest BCUT2D eigenvalue weighted by Gasteiger charge is -1.98. The van der Waals surface area contributed by atoms with E-state index in [-0.39, 0.29) is 16.7 Å². The van der Waals surface area contributed by atoms with Gasteiger partial charge < -0.3 is 0 Å². The number of thioether (sulfide) groups is 1. The molecule has 0 aliphatic heterocycles. The van der Waals surface area contributed by atoms with Crippen LogP contribution < -0.4 is 0 Å². The molecular formula is C18H20F2OS2. The van der Waals surface area contributed by atoms with Crippen molar-refractivity contribution in [2.45, 2.75) is 19.8 Å². The fourth-order valence-electron chi connectivity index (χ4n) is 1.74. The van der Waals surface area contributed by atoms with Gasteiger partial charge in [-0.15, -0.1) is 0 Å². The van der Waals surface area contributed by atoms with Gasteiger partial charge in [0.25, 0.3) is 0 Å². The zero-order valence-corrected chi connectivity index (χ0v) is 14.7. The number of carbonyl (C=O) groups is 1. The van der Waals surface area contributed by atoms with Gasteiger partial charge in [-0.1, -0.05) is 36.0 Å². The Kier molecular flexibility index (Phi) is 9.64. The van der Waals surface area contributed by atoms with Crippen LogP contribution in [0.4, 0.5) is 8.78 Å². The van der Waals surface area contributed by atoms with Crippen molar-refractivity contribution in [3.05, 3.63) is 71.3 Å². The summed E-state index contributed by atoms with van der Waals surface area (Å²) in [7, 11) is 0. The molecule has 124 valence electrons. The van der Waals surface area contributed by atoms with E-state index in [0.717, 1.165) is 35.5 Å². The Bertz CT molecular complexity index is 583. The SMILES string of the molecule is CC(=O)SCCc1ccc(F)cc1.Fc1ccc(CCS)cc1. The number of hydrogen-bond acceptors (Lipinski definition) is 3. The van der Waals surface area contributed by atoms with Crippen LogP contribution in [0, 0.1) is 11.6 Å². The van der Waals surface area contributed by atoms with Crippen molar-refractivity contribution >= 4 is 29.5 Å². The summed E-state index contributed by atoms with van der Waals surface area (Å²) >= 11 is 5.36. The summed E-state index contributed by atoms with van der Waals surface area (Å²) < 4.78 is 24.8. The molecule has 0 aromatic heterocycles. The van der Waals surface area contributed by atoms with E-state index in [1.807, 2.05) is 0 Å². The second-order valence-electron chi connectivity index (χ2n) is 4.82. The number of hydrogen-bond donors (Lipinski definition) is 1. The monoisotopic (exact) mass is 354 g/mol. The summed E-state index contributed by atoms with van der Waals surface area (Å²) in [4.78, 5) is 10.6. The first-order valence-corrected chi connectivity index (χ1v) is 8.86. The molecule has 0 fully saturated rings. The van der Waals surface area contributed by atoms with Crippen LogP contribution in [0.25, 0.3) is 0 Å². The van der Waals surface area contributed by atoms with E-state index >= 15 is 0 Å². The van der Waals surface area contributed by atoms with Crippen molar-refractivity contribution in [2.75, 3.05) is 11.5 Å². The molecule has 0 N–H and O–H groups in total. The highest BCUT2D eigenvalue weighted by molar-refractivity contribution is 8.13. The summed E-state index contributed by atoms with van der Waals surface area (Å²) in [5.41, 5.74) is 2.20. The van der Waals surface area contributed by atoms with Crippen LogP contribution in [-0.2, 0) is 17.6 Å². The minimum atomic E-state index is -0.219. The first-order valence-electron chi connectivity index (χ1n) is 7.24. The maximum atomic E-state index is 12.5. The Morgan fingerprint density at radius 1 is 0.913 bits per heavy atom. The molecule has 0 spiro atoms. The quantitative estimate of drug-likeness (QED) is 0.766. The number of rotatable bonds is 5. The van der Waals surface area contributed by atoms with Gasteiger partial charge in [0, 0.05) is 12.7 Å². The van der Waals surface area contributed by atoms with Crippen molar-refractivity contribution < 1.29 is 13.6 Å². The standard InChI is InChI=1S/C10H11FOS.C8H9FS/c1-8(12)13-7-6-9-2-4-10(11)5-3-9;9-8-3-1-7(2-4-8)5-6-10/h2-5H,6-7H2,1H3;1-4,10H,5-6H2. The minimum absolute atomic E-state index is 0.127. The summed E-state index contributed by atoms with van der Waals surface area (Å²) in [6.45, 7) is 1.55. The molecule has 2 rings (SSSR count). The summed E-state index contributed by atoms with van der Waals surface area (Å²) in [6, 6.07) is 12.9. The maximum absolute atomic E-state index is 12.5. The zero-order chi connectivity index (χ0) is 17.1.